The maximum atomic E-state index is 4.02. The second kappa shape index (κ2) is 5.53. The van der Waals surface area contributed by atoms with E-state index in [1.165, 1.54) is 17.6 Å². The third-order valence-electron chi connectivity index (χ3n) is 2.95. The van der Waals surface area contributed by atoms with Crippen LogP contribution in [-0.4, -0.2) is 6.54 Å². The van der Waals surface area contributed by atoms with Crippen molar-refractivity contribution in [2.24, 2.45) is 0 Å². The van der Waals surface area contributed by atoms with E-state index in [-0.39, 0.29) is 0 Å². The third kappa shape index (κ3) is 2.88. The SMILES string of the molecule is C=C(NCC)c1ccc(C2=CCCC=C2)cc1. The molecule has 1 heteroatoms. The van der Waals surface area contributed by atoms with Gasteiger partial charge in [-0.3, -0.25) is 0 Å². The van der Waals surface area contributed by atoms with Gasteiger partial charge in [0.1, 0.15) is 0 Å². The van der Waals surface area contributed by atoms with Crippen LogP contribution in [0.25, 0.3) is 11.3 Å². The summed E-state index contributed by atoms with van der Waals surface area (Å²) in [5.74, 6) is 0. The van der Waals surface area contributed by atoms with Crippen LogP contribution in [0.1, 0.15) is 30.9 Å². The van der Waals surface area contributed by atoms with Gasteiger partial charge in [0.05, 0.1) is 0 Å². The molecule has 0 atom stereocenters. The van der Waals surface area contributed by atoms with Crippen LogP contribution >= 0.6 is 0 Å². The Hall–Kier alpha value is -1.76. The molecule has 17 heavy (non-hydrogen) atoms. The van der Waals surface area contributed by atoms with Gasteiger partial charge in [-0.15, -0.1) is 0 Å². The average Bonchev–Trinajstić information content (AvgIpc) is 2.40. The Morgan fingerprint density at radius 1 is 1.24 bits per heavy atom. The minimum Gasteiger partial charge on any atom is -0.385 e. The van der Waals surface area contributed by atoms with E-state index in [1.807, 2.05) is 0 Å². The van der Waals surface area contributed by atoms with Crippen LogP contribution in [0.15, 0.2) is 49.1 Å². The smallest absolute Gasteiger partial charge is 0.0340 e. The van der Waals surface area contributed by atoms with Crippen molar-refractivity contribution in [1.29, 1.82) is 0 Å². The number of benzene rings is 1. The molecule has 1 aliphatic rings. The largest absolute Gasteiger partial charge is 0.385 e. The Balaban J connectivity index is 2.15. The Morgan fingerprint density at radius 3 is 2.59 bits per heavy atom. The fraction of sp³-hybridized carbons (Fsp3) is 0.250. The highest BCUT2D eigenvalue weighted by Crippen LogP contribution is 2.22. The van der Waals surface area contributed by atoms with Gasteiger partial charge in [-0.1, -0.05) is 49.1 Å². The van der Waals surface area contributed by atoms with Crippen molar-refractivity contribution in [2.75, 3.05) is 6.54 Å². The van der Waals surface area contributed by atoms with E-state index in [4.69, 9.17) is 0 Å². The Morgan fingerprint density at radius 2 is 2.00 bits per heavy atom. The fourth-order valence-corrected chi connectivity index (χ4v) is 2.01. The van der Waals surface area contributed by atoms with Crippen molar-refractivity contribution < 1.29 is 0 Å². The molecule has 1 aliphatic carbocycles. The van der Waals surface area contributed by atoms with Crippen LogP contribution in [0.5, 0.6) is 0 Å². The summed E-state index contributed by atoms with van der Waals surface area (Å²) in [6.07, 6.45) is 9.06. The summed E-state index contributed by atoms with van der Waals surface area (Å²) in [5.41, 5.74) is 4.77. The highest BCUT2D eigenvalue weighted by atomic mass is 14.9. The lowest BCUT2D eigenvalue weighted by molar-refractivity contribution is 0.942. The number of rotatable bonds is 4. The quantitative estimate of drug-likeness (QED) is 0.816. The maximum Gasteiger partial charge on any atom is 0.0340 e. The summed E-state index contributed by atoms with van der Waals surface area (Å²) >= 11 is 0. The molecule has 1 aromatic rings. The van der Waals surface area contributed by atoms with Gasteiger partial charge in [0, 0.05) is 12.2 Å². The van der Waals surface area contributed by atoms with Crippen LogP contribution in [0.3, 0.4) is 0 Å². The average molecular weight is 225 g/mol. The lowest BCUT2D eigenvalue weighted by Gasteiger charge is -2.10. The van der Waals surface area contributed by atoms with Gasteiger partial charge in [-0.05, 0) is 36.5 Å². The van der Waals surface area contributed by atoms with Crippen molar-refractivity contribution in [3.8, 4) is 0 Å². The van der Waals surface area contributed by atoms with Gasteiger partial charge in [0.15, 0.2) is 0 Å². The van der Waals surface area contributed by atoms with Crippen molar-refractivity contribution in [1.82, 2.24) is 5.32 Å². The zero-order valence-electron chi connectivity index (χ0n) is 10.4. The van der Waals surface area contributed by atoms with Crippen LogP contribution in [0.2, 0.25) is 0 Å². The van der Waals surface area contributed by atoms with Gasteiger partial charge >= 0.3 is 0 Å². The zero-order valence-corrected chi connectivity index (χ0v) is 10.4. The monoisotopic (exact) mass is 225 g/mol. The van der Waals surface area contributed by atoms with E-state index in [2.05, 4.69) is 61.3 Å². The van der Waals surface area contributed by atoms with Gasteiger partial charge in [-0.2, -0.15) is 0 Å². The van der Waals surface area contributed by atoms with Crippen LogP contribution in [0, 0.1) is 0 Å². The fourth-order valence-electron chi connectivity index (χ4n) is 2.01. The molecule has 0 saturated heterocycles. The lowest BCUT2D eigenvalue weighted by Crippen LogP contribution is -2.09. The molecule has 0 aromatic heterocycles. The number of nitrogens with one attached hydrogen (secondary N) is 1. The summed E-state index contributed by atoms with van der Waals surface area (Å²) in [5, 5.41) is 3.24. The maximum absolute atomic E-state index is 4.02. The first-order valence-corrected chi connectivity index (χ1v) is 6.21. The van der Waals surface area contributed by atoms with E-state index in [9.17, 15) is 0 Å². The minimum absolute atomic E-state index is 0.911. The highest BCUT2D eigenvalue weighted by Gasteiger charge is 2.02. The summed E-state index contributed by atoms with van der Waals surface area (Å²) < 4.78 is 0. The van der Waals surface area contributed by atoms with E-state index >= 15 is 0 Å². The highest BCUT2D eigenvalue weighted by molar-refractivity contribution is 5.76. The minimum atomic E-state index is 0.911. The predicted molar refractivity (Wildman–Crippen MR) is 75.5 cm³/mol. The van der Waals surface area contributed by atoms with Crippen molar-refractivity contribution in [3.05, 3.63) is 60.2 Å². The molecule has 2 rings (SSSR count). The van der Waals surface area contributed by atoms with Crippen LogP contribution in [0.4, 0.5) is 0 Å². The number of allylic oxidation sites excluding steroid dienone is 4. The molecule has 0 fully saturated rings. The molecular weight excluding hydrogens is 206 g/mol. The first-order chi connectivity index (χ1) is 8.31. The molecule has 1 nitrogen and oxygen atoms in total. The summed E-state index contributed by atoms with van der Waals surface area (Å²) in [4.78, 5) is 0. The van der Waals surface area contributed by atoms with E-state index in [0.29, 0.717) is 0 Å². The molecule has 0 unspecified atom stereocenters. The normalized spacial score (nSPS) is 14.3. The Kier molecular flexibility index (Phi) is 3.81. The van der Waals surface area contributed by atoms with Crippen molar-refractivity contribution in [3.63, 3.8) is 0 Å². The Bertz CT molecular complexity index is 449. The van der Waals surface area contributed by atoms with Crippen LogP contribution < -0.4 is 5.32 Å². The summed E-state index contributed by atoms with van der Waals surface area (Å²) in [7, 11) is 0. The van der Waals surface area contributed by atoms with Gasteiger partial charge in [0.2, 0.25) is 0 Å². The molecule has 0 amide bonds. The third-order valence-corrected chi connectivity index (χ3v) is 2.95. The van der Waals surface area contributed by atoms with E-state index in [1.54, 1.807) is 0 Å². The first-order valence-electron chi connectivity index (χ1n) is 6.21. The Labute approximate surface area is 104 Å². The molecule has 0 heterocycles. The molecule has 1 aromatic carbocycles. The summed E-state index contributed by atoms with van der Waals surface area (Å²) in [6.45, 7) is 7.01. The standard InChI is InChI=1S/C16H19N/c1-3-17-13(2)14-9-11-16(12-10-14)15-7-5-4-6-8-15/h5,7-12,17H,2-4,6H2,1H3. The second-order valence-electron chi connectivity index (χ2n) is 4.23. The van der Waals surface area contributed by atoms with E-state index in [0.717, 1.165) is 24.2 Å². The summed E-state index contributed by atoms with van der Waals surface area (Å²) in [6, 6.07) is 8.59. The molecule has 0 spiro atoms. The second-order valence-corrected chi connectivity index (χ2v) is 4.23. The molecule has 0 radical (unpaired) electrons. The zero-order chi connectivity index (χ0) is 12.1. The molecule has 0 aliphatic heterocycles. The van der Waals surface area contributed by atoms with Gasteiger partial charge in [-0.25, -0.2) is 0 Å². The van der Waals surface area contributed by atoms with E-state index < -0.39 is 0 Å². The molecule has 88 valence electrons. The molecular formula is C16H19N. The van der Waals surface area contributed by atoms with Gasteiger partial charge in [0.25, 0.3) is 0 Å². The first kappa shape index (κ1) is 11.7. The predicted octanol–water partition coefficient (Wildman–Crippen LogP) is 4.00. The van der Waals surface area contributed by atoms with Crippen molar-refractivity contribution >= 4 is 11.3 Å². The molecule has 0 bridgehead atoms. The lowest BCUT2D eigenvalue weighted by atomic mass is 9.98. The molecule has 1 N–H and O–H groups in total. The molecule has 0 saturated carbocycles. The topological polar surface area (TPSA) is 12.0 Å². The number of hydrogen-bond donors (Lipinski definition) is 1. The van der Waals surface area contributed by atoms with Crippen molar-refractivity contribution in [2.45, 2.75) is 19.8 Å². The number of hydrogen-bond acceptors (Lipinski definition) is 1. The van der Waals surface area contributed by atoms with Crippen LogP contribution in [-0.2, 0) is 0 Å². The van der Waals surface area contributed by atoms with Gasteiger partial charge < -0.3 is 5.32 Å².